The van der Waals surface area contributed by atoms with E-state index in [2.05, 4.69) is 58.0 Å². The van der Waals surface area contributed by atoms with Gasteiger partial charge in [-0.2, -0.15) is 0 Å². The predicted octanol–water partition coefficient (Wildman–Crippen LogP) is 4.37. The number of aryl methyl sites for hydroxylation is 2. The molecule has 1 rings (SSSR count). The van der Waals surface area contributed by atoms with Gasteiger partial charge in [-0.05, 0) is 44.2 Å². The number of allylic oxidation sites excluding steroid dienone is 2. The fourth-order valence-electron chi connectivity index (χ4n) is 1.85. The van der Waals surface area contributed by atoms with Gasteiger partial charge in [0.25, 0.3) is 0 Å². The summed E-state index contributed by atoms with van der Waals surface area (Å²) in [7, 11) is 0. The van der Waals surface area contributed by atoms with Crippen LogP contribution in [-0.2, 0) is 0 Å². The standard InChI is InChI=1S/C14H20/c1-5-6-7-12(3)14-9-8-11(2)10-13(14)4/h5-6,8-10,12H,7H2,1-4H3/b6-5-. The summed E-state index contributed by atoms with van der Waals surface area (Å²) in [5, 5.41) is 0. The second-order valence-corrected chi connectivity index (χ2v) is 4.07. The molecule has 0 aliphatic carbocycles. The van der Waals surface area contributed by atoms with Crippen molar-refractivity contribution in [3.8, 4) is 0 Å². The van der Waals surface area contributed by atoms with E-state index in [1.807, 2.05) is 0 Å². The normalized spacial score (nSPS) is 13.4. The number of benzene rings is 1. The van der Waals surface area contributed by atoms with Gasteiger partial charge < -0.3 is 0 Å². The fourth-order valence-corrected chi connectivity index (χ4v) is 1.85. The molecule has 0 saturated carbocycles. The molecule has 1 unspecified atom stereocenters. The molecule has 76 valence electrons. The Morgan fingerprint density at radius 3 is 2.57 bits per heavy atom. The van der Waals surface area contributed by atoms with Crippen molar-refractivity contribution >= 4 is 0 Å². The Labute approximate surface area is 87.7 Å². The van der Waals surface area contributed by atoms with Gasteiger partial charge >= 0.3 is 0 Å². The van der Waals surface area contributed by atoms with Crippen molar-refractivity contribution < 1.29 is 0 Å². The lowest BCUT2D eigenvalue weighted by Crippen LogP contribution is -1.95. The number of rotatable bonds is 3. The van der Waals surface area contributed by atoms with E-state index in [9.17, 15) is 0 Å². The van der Waals surface area contributed by atoms with E-state index in [1.54, 1.807) is 0 Å². The molecular formula is C14H20. The molecular weight excluding hydrogens is 168 g/mol. The maximum absolute atomic E-state index is 2.29. The largest absolute Gasteiger partial charge is 0.0916 e. The van der Waals surface area contributed by atoms with Gasteiger partial charge in [0.1, 0.15) is 0 Å². The molecule has 0 aliphatic rings. The van der Waals surface area contributed by atoms with Gasteiger partial charge in [0.05, 0.1) is 0 Å². The fraction of sp³-hybridized carbons (Fsp3) is 0.429. The maximum atomic E-state index is 2.29. The van der Waals surface area contributed by atoms with Gasteiger partial charge in [-0.1, -0.05) is 42.8 Å². The second kappa shape index (κ2) is 4.99. The van der Waals surface area contributed by atoms with E-state index >= 15 is 0 Å². The highest BCUT2D eigenvalue weighted by Gasteiger charge is 2.06. The smallest absolute Gasteiger partial charge is 0.0153 e. The summed E-state index contributed by atoms with van der Waals surface area (Å²) in [5.41, 5.74) is 4.25. The lowest BCUT2D eigenvalue weighted by molar-refractivity contribution is 0.773. The molecule has 14 heavy (non-hydrogen) atoms. The van der Waals surface area contributed by atoms with Gasteiger partial charge in [-0.15, -0.1) is 0 Å². The zero-order valence-corrected chi connectivity index (χ0v) is 9.67. The van der Waals surface area contributed by atoms with Gasteiger partial charge in [0.15, 0.2) is 0 Å². The molecule has 0 bridgehead atoms. The summed E-state index contributed by atoms with van der Waals surface area (Å²) >= 11 is 0. The van der Waals surface area contributed by atoms with Gasteiger partial charge in [0, 0.05) is 0 Å². The minimum Gasteiger partial charge on any atom is -0.0916 e. The molecule has 1 aromatic rings. The van der Waals surface area contributed by atoms with Crippen LogP contribution in [0.4, 0.5) is 0 Å². The molecule has 0 radical (unpaired) electrons. The van der Waals surface area contributed by atoms with E-state index < -0.39 is 0 Å². The van der Waals surface area contributed by atoms with Crippen molar-refractivity contribution in [2.45, 2.75) is 40.0 Å². The molecule has 0 heterocycles. The van der Waals surface area contributed by atoms with Crippen LogP contribution < -0.4 is 0 Å². The summed E-state index contributed by atoms with van der Waals surface area (Å²) in [6.07, 6.45) is 5.50. The molecule has 1 aromatic carbocycles. The highest BCUT2D eigenvalue weighted by molar-refractivity contribution is 5.33. The average Bonchev–Trinajstić information content (AvgIpc) is 2.14. The molecule has 0 amide bonds. The number of hydrogen-bond donors (Lipinski definition) is 0. The molecule has 0 N–H and O–H groups in total. The third-order valence-electron chi connectivity index (χ3n) is 2.68. The molecule has 0 aromatic heterocycles. The van der Waals surface area contributed by atoms with Crippen LogP contribution >= 0.6 is 0 Å². The van der Waals surface area contributed by atoms with Crippen molar-refractivity contribution in [2.24, 2.45) is 0 Å². The quantitative estimate of drug-likeness (QED) is 0.618. The van der Waals surface area contributed by atoms with E-state index in [1.165, 1.54) is 16.7 Å². The minimum absolute atomic E-state index is 0.631. The Hall–Kier alpha value is -1.04. The first-order chi connectivity index (χ1) is 6.65. The first-order valence-corrected chi connectivity index (χ1v) is 5.33. The first kappa shape index (κ1) is 11.0. The van der Waals surface area contributed by atoms with Crippen LogP contribution in [-0.4, -0.2) is 0 Å². The lowest BCUT2D eigenvalue weighted by Gasteiger charge is -2.13. The van der Waals surface area contributed by atoms with Crippen molar-refractivity contribution in [1.29, 1.82) is 0 Å². The second-order valence-electron chi connectivity index (χ2n) is 4.07. The van der Waals surface area contributed by atoms with E-state index in [-0.39, 0.29) is 0 Å². The van der Waals surface area contributed by atoms with Crippen LogP contribution in [0.1, 0.15) is 42.9 Å². The Kier molecular flexibility index (Phi) is 3.94. The van der Waals surface area contributed by atoms with Crippen molar-refractivity contribution in [3.63, 3.8) is 0 Å². The van der Waals surface area contributed by atoms with Crippen LogP contribution in [0, 0.1) is 13.8 Å². The zero-order valence-electron chi connectivity index (χ0n) is 9.67. The molecule has 0 nitrogen and oxygen atoms in total. The van der Waals surface area contributed by atoms with Crippen LogP contribution in [0.2, 0.25) is 0 Å². The molecule has 0 saturated heterocycles. The third-order valence-corrected chi connectivity index (χ3v) is 2.68. The molecule has 0 fully saturated rings. The topological polar surface area (TPSA) is 0 Å². The Morgan fingerprint density at radius 1 is 1.29 bits per heavy atom. The van der Waals surface area contributed by atoms with Crippen molar-refractivity contribution in [1.82, 2.24) is 0 Å². The number of hydrogen-bond acceptors (Lipinski definition) is 0. The van der Waals surface area contributed by atoms with Crippen LogP contribution in [0.15, 0.2) is 30.4 Å². The van der Waals surface area contributed by atoms with Crippen LogP contribution in [0.3, 0.4) is 0 Å². The van der Waals surface area contributed by atoms with E-state index in [4.69, 9.17) is 0 Å². The summed E-state index contributed by atoms with van der Waals surface area (Å²) in [6, 6.07) is 6.73. The highest BCUT2D eigenvalue weighted by atomic mass is 14.1. The van der Waals surface area contributed by atoms with Gasteiger partial charge in [-0.3, -0.25) is 0 Å². The monoisotopic (exact) mass is 188 g/mol. The highest BCUT2D eigenvalue weighted by Crippen LogP contribution is 2.23. The lowest BCUT2D eigenvalue weighted by atomic mass is 9.92. The SMILES string of the molecule is C/C=C\CC(C)c1ccc(C)cc1C. The predicted molar refractivity (Wildman–Crippen MR) is 63.8 cm³/mol. The molecule has 0 heteroatoms. The molecule has 0 aliphatic heterocycles. The summed E-state index contributed by atoms with van der Waals surface area (Å²) < 4.78 is 0. The van der Waals surface area contributed by atoms with Gasteiger partial charge in [0.2, 0.25) is 0 Å². The maximum Gasteiger partial charge on any atom is -0.0153 e. The molecule has 1 atom stereocenters. The average molecular weight is 188 g/mol. The van der Waals surface area contributed by atoms with Crippen LogP contribution in [0.25, 0.3) is 0 Å². The van der Waals surface area contributed by atoms with Crippen molar-refractivity contribution in [2.75, 3.05) is 0 Å². The van der Waals surface area contributed by atoms with Gasteiger partial charge in [-0.25, -0.2) is 0 Å². The minimum atomic E-state index is 0.631. The third kappa shape index (κ3) is 2.73. The summed E-state index contributed by atoms with van der Waals surface area (Å²) in [5.74, 6) is 0.631. The Balaban J connectivity index is 2.84. The van der Waals surface area contributed by atoms with E-state index in [0.717, 1.165) is 6.42 Å². The van der Waals surface area contributed by atoms with Crippen molar-refractivity contribution in [3.05, 3.63) is 47.0 Å². The van der Waals surface area contributed by atoms with Crippen LogP contribution in [0.5, 0.6) is 0 Å². The zero-order chi connectivity index (χ0) is 10.6. The first-order valence-electron chi connectivity index (χ1n) is 5.33. The molecule has 0 spiro atoms. The Morgan fingerprint density at radius 2 is 2.00 bits per heavy atom. The Bertz CT molecular complexity index is 321. The van der Waals surface area contributed by atoms with E-state index in [0.29, 0.717) is 5.92 Å². The summed E-state index contributed by atoms with van der Waals surface area (Å²) in [4.78, 5) is 0. The summed E-state index contributed by atoms with van der Waals surface area (Å²) in [6.45, 7) is 8.72.